The Balaban J connectivity index is 2.42. The molecular weight excluding hydrogens is 314 g/mol. The van der Waals surface area contributed by atoms with Gasteiger partial charge < -0.3 is 10.6 Å². The summed E-state index contributed by atoms with van der Waals surface area (Å²) in [4.78, 5) is 5.58. The van der Waals surface area contributed by atoms with Crippen LogP contribution >= 0.6 is 11.3 Å². The van der Waals surface area contributed by atoms with E-state index in [4.69, 9.17) is 0 Å². The van der Waals surface area contributed by atoms with Gasteiger partial charge >= 0.3 is 0 Å². The maximum Gasteiger partial charge on any atom is 0.191 e. The van der Waals surface area contributed by atoms with Crippen molar-refractivity contribution in [2.45, 2.75) is 44.8 Å². The molecule has 1 unspecified atom stereocenters. The molecule has 0 fully saturated rings. The molecule has 0 saturated carbocycles. The van der Waals surface area contributed by atoms with Crippen molar-refractivity contribution in [1.82, 2.24) is 10.6 Å². The van der Waals surface area contributed by atoms with Crippen molar-refractivity contribution < 1.29 is 4.21 Å². The number of rotatable bonds is 6. The molecule has 6 heteroatoms. The van der Waals surface area contributed by atoms with E-state index in [0.717, 1.165) is 12.5 Å². The van der Waals surface area contributed by atoms with E-state index in [1.165, 1.54) is 4.88 Å². The Labute approximate surface area is 141 Å². The third-order valence-electron chi connectivity index (χ3n) is 3.37. The predicted octanol–water partition coefficient (Wildman–Crippen LogP) is 2.74. The summed E-state index contributed by atoms with van der Waals surface area (Å²) in [6.07, 6.45) is 0. The van der Waals surface area contributed by atoms with Crippen LogP contribution < -0.4 is 10.6 Å². The van der Waals surface area contributed by atoms with Gasteiger partial charge in [-0.2, -0.15) is 0 Å². The number of hydrogen-bond acceptors (Lipinski definition) is 3. The van der Waals surface area contributed by atoms with Crippen molar-refractivity contribution in [2.24, 2.45) is 4.99 Å². The Bertz CT molecular complexity index is 502. The number of guanidine groups is 1. The van der Waals surface area contributed by atoms with Gasteiger partial charge in [0.25, 0.3) is 0 Å². The Hall–Kier alpha value is -0.880. The molecule has 0 aliphatic carbocycles. The number of hydrogen-bond donors (Lipinski definition) is 2. The molecule has 22 heavy (non-hydrogen) atoms. The summed E-state index contributed by atoms with van der Waals surface area (Å²) in [5.74, 6) is 1.38. The van der Waals surface area contributed by atoms with Gasteiger partial charge in [0, 0.05) is 51.7 Å². The van der Waals surface area contributed by atoms with Gasteiger partial charge in [-0.1, -0.05) is 19.9 Å². The molecule has 1 heterocycles. The van der Waals surface area contributed by atoms with Crippen LogP contribution in [0.5, 0.6) is 0 Å². The van der Waals surface area contributed by atoms with E-state index in [9.17, 15) is 4.21 Å². The van der Waals surface area contributed by atoms with E-state index in [-0.39, 0.29) is 10.2 Å². The molecule has 1 aromatic rings. The molecule has 0 amide bonds. The van der Waals surface area contributed by atoms with Crippen molar-refractivity contribution in [1.29, 1.82) is 0 Å². The summed E-state index contributed by atoms with van der Waals surface area (Å²) in [5.41, 5.74) is 0.0556. The standard InChI is InChI=1S/C16H29N3OS2/c1-15(2,3)22(20)11-9-18-14(17-6)19-12-16(4,5)13-8-7-10-21-13/h7-8,10H,9,11-12H2,1-6H3,(H2,17,18,19). The smallest absolute Gasteiger partial charge is 0.191 e. The SMILES string of the molecule is CN=C(NCCS(=O)C(C)(C)C)NCC(C)(C)c1cccs1. The lowest BCUT2D eigenvalue weighted by molar-refractivity contribution is 0.519. The number of aliphatic imine (C=N–C) groups is 1. The topological polar surface area (TPSA) is 53.5 Å². The van der Waals surface area contributed by atoms with Crippen LogP contribution in [0.15, 0.2) is 22.5 Å². The minimum Gasteiger partial charge on any atom is -0.356 e. The molecule has 1 atom stereocenters. The Kier molecular flexibility index (Phi) is 7.06. The van der Waals surface area contributed by atoms with Crippen molar-refractivity contribution in [2.75, 3.05) is 25.9 Å². The second-order valence-electron chi connectivity index (χ2n) is 6.88. The fourth-order valence-corrected chi connectivity index (χ4v) is 3.60. The zero-order valence-electron chi connectivity index (χ0n) is 14.5. The highest BCUT2D eigenvalue weighted by Crippen LogP contribution is 2.26. The van der Waals surface area contributed by atoms with E-state index in [1.54, 1.807) is 18.4 Å². The lowest BCUT2D eigenvalue weighted by atomic mass is 9.91. The fourth-order valence-electron chi connectivity index (χ4n) is 1.84. The molecule has 1 rings (SSSR count). The van der Waals surface area contributed by atoms with Crippen LogP contribution in [0.1, 0.15) is 39.5 Å². The monoisotopic (exact) mass is 343 g/mol. The molecule has 0 radical (unpaired) electrons. The predicted molar refractivity (Wildman–Crippen MR) is 99.5 cm³/mol. The summed E-state index contributed by atoms with van der Waals surface area (Å²) < 4.78 is 11.9. The van der Waals surface area contributed by atoms with Crippen molar-refractivity contribution in [3.63, 3.8) is 0 Å². The fraction of sp³-hybridized carbons (Fsp3) is 0.688. The van der Waals surface area contributed by atoms with Gasteiger partial charge in [-0.25, -0.2) is 0 Å². The third-order valence-corrected chi connectivity index (χ3v) is 6.55. The average Bonchev–Trinajstić information content (AvgIpc) is 2.96. The first-order valence-corrected chi connectivity index (χ1v) is 9.73. The molecule has 0 aromatic carbocycles. The van der Waals surface area contributed by atoms with Gasteiger partial charge in [0.05, 0.1) is 0 Å². The average molecular weight is 344 g/mol. The molecule has 0 saturated heterocycles. The Morgan fingerprint density at radius 3 is 2.45 bits per heavy atom. The molecule has 0 spiro atoms. The highest BCUT2D eigenvalue weighted by molar-refractivity contribution is 7.86. The third kappa shape index (κ3) is 6.08. The minimum absolute atomic E-state index is 0.0556. The van der Waals surface area contributed by atoms with Gasteiger partial charge in [0.1, 0.15) is 0 Å². The lowest BCUT2D eigenvalue weighted by Gasteiger charge is -2.25. The normalized spacial score (nSPS) is 14.7. The highest BCUT2D eigenvalue weighted by atomic mass is 32.2. The van der Waals surface area contributed by atoms with Crippen LogP contribution in [-0.2, 0) is 16.2 Å². The van der Waals surface area contributed by atoms with Crippen LogP contribution in [0, 0.1) is 0 Å². The van der Waals surface area contributed by atoms with Gasteiger partial charge in [-0.15, -0.1) is 11.3 Å². The van der Waals surface area contributed by atoms with Crippen LogP contribution in [0.2, 0.25) is 0 Å². The van der Waals surface area contributed by atoms with Crippen molar-refractivity contribution in [3.05, 3.63) is 22.4 Å². The first-order chi connectivity index (χ1) is 10.2. The Morgan fingerprint density at radius 2 is 1.95 bits per heavy atom. The summed E-state index contributed by atoms with van der Waals surface area (Å²) in [5, 5.41) is 8.70. The number of thiophene rings is 1. The lowest BCUT2D eigenvalue weighted by Crippen LogP contribution is -2.44. The quantitative estimate of drug-likeness (QED) is 0.617. The summed E-state index contributed by atoms with van der Waals surface area (Å²) in [7, 11) is 0.913. The zero-order chi connectivity index (χ0) is 16.8. The van der Waals surface area contributed by atoms with E-state index < -0.39 is 10.8 Å². The van der Waals surface area contributed by atoms with Gasteiger partial charge in [-0.05, 0) is 32.2 Å². The zero-order valence-corrected chi connectivity index (χ0v) is 16.2. The number of nitrogens with zero attached hydrogens (tertiary/aromatic N) is 1. The molecule has 1 aromatic heterocycles. The largest absolute Gasteiger partial charge is 0.356 e. The van der Waals surface area contributed by atoms with Gasteiger partial charge in [0.15, 0.2) is 5.96 Å². The van der Waals surface area contributed by atoms with Crippen LogP contribution in [0.4, 0.5) is 0 Å². The molecule has 2 N–H and O–H groups in total. The first-order valence-electron chi connectivity index (χ1n) is 7.54. The Morgan fingerprint density at radius 1 is 1.27 bits per heavy atom. The second-order valence-corrected chi connectivity index (χ2v) is 10.1. The van der Waals surface area contributed by atoms with E-state index in [2.05, 4.69) is 47.0 Å². The van der Waals surface area contributed by atoms with E-state index in [1.807, 2.05) is 20.8 Å². The van der Waals surface area contributed by atoms with E-state index >= 15 is 0 Å². The van der Waals surface area contributed by atoms with Crippen LogP contribution in [-0.4, -0.2) is 40.8 Å². The molecule has 0 bridgehead atoms. The molecular formula is C16H29N3OS2. The maximum absolute atomic E-state index is 12.0. The molecule has 4 nitrogen and oxygen atoms in total. The number of nitrogens with one attached hydrogen (secondary N) is 2. The maximum atomic E-state index is 12.0. The summed E-state index contributed by atoms with van der Waals surface area (Å²) in [6, 6.07) is 4.24. The highest BCUT2D eigenvalue weighted by Gasteiger charge is 2.22. The summed E-state index contributed by atoms with van der Waals surface area (Å²) in [6.45, 7) is 11.9. The first kappa shape index (κ1) is 19.2. The summed E-state index contributed by atoms with van der Waals surface area (Å²) >= 11 is 1.77. The molecule has 0 aliphatic rings. The molecule has 126 valence electrons. The van der Waals surface area contributed by atoms with Crippen LogP contribution in [0.25, 0.3) is 0 Å². The van der Waals surface area contributed by atoms with Gasteiger partial charge in [0.2, 0.25) is 0 Å². The minimum atomic E-state index is -0.845. The van der Waals surface area contributed by atoms with Gasteiger partial charge in [-0.3, -0.25) is 9.20 Å². The van der Waals surface area contributed by atoms with Crippen molar-refractivity contribution in [3.8, 4) is 0 Å². The van der Waals surface area contributed by atoms with E-state index in [0.29, 0.717) is 12.3 Å². The second kappa shape index (κ2) is 8.11. The van der Waals surface area contributed by atoms with Crippen LogP contribution in [0.3, 0.4) is 0 Å². The molecule has 0 aliphatic heterocycles. The van der Waals surface area contributed by atoms with Crippen molar-refractivity contribution >= 4 is 28.1 Å².